The van der Waals surface area contributed by atoms with Crippen LogP contribution < -0.4 is 4.74 Å². The van der Waals surface area contributed by atoms with Crippen molar-refractivity contribution in [2.75, 3.05) is 19.7 Å². The second kappa shape index (κ2) is 6.80. The van der Waals surface area contributed by atoms with Gasteiger partial charge in [-0.05, 0) is 37.1 Å². The number of carbonyl (C=O) groups excluding carboxylic acids is 1. The Bertz CT molecular complexity index is 559. The van der Waals surface area contributed by atoms with Crippen LogP contribution in [0.2, 0.25) is 0 Å². The molecule has 2 rings (SSSR count). The van der Waals surface area contributed by atoms with Crippen LogP contribution in [0.5, 0.6) is 5.75 Å². The minimum absolute atomic E-state index is 0.149. The number of nitrogens with zero attached hydrogens (tertiary/aromatic N) is 1. The Labute approximate surface area is 123 Å². The van der Waals surface area contributed by atoms with Crippen LogP contribution in [-0.2, 0) is 4.79 Å². The lowest BCUT2D eigenvalue weighted by molar-refractivity contribution is -0.143. The number of terminal acetylenes is 1. The molecule has 0 saturated carbocycles. The minimum atomic E-state index is -0.842. The molecule has 1 saturated heterocycles. The van der Waals surface area contributed by atoms with Crippen LogP contribution in [0, 0.1) is 18.3 Å². The van der Waals surface area contributed by atoms with Gasteiger partial charge in [-0.25, -0.2) is 0 Å². The Morgan fingerprint density at radius 1 is 1.38 bits per heavy atom. The van der Waals surface area contributed by atoms with E-state index in [1.165, 1.54) is 0 Å². The summed E-state index contributed by atoms with van der Waals surface area (Å²) in [5, 5.41) is 9.06. The molecular formula is C16H17NO4. The van der Waals surface area contributed by atoms with E-state index in [2.05, 4.69) is 5.92 Å². The second-order valence-corrected chi connectivity index (χ2v) is 4.95. The molecule has 21 heavy (non-hydrogen) atoms. The molecule has 1 aromatic carbocycles. The third-order valence-electron chi connectivity index (χ3n) is 3.48. The normalized spacial score (nSPS) is 17.9. The summed E-state index contributed by atoms with van der Waals surface area (Å²) in [6, 6.07) is 6.70. The van der Waals surface area contributed by atoms with Gasteiger partial charge in [0.2, 0.25) is 0 Å². The summed E-state index contributed by atoms with van der Waals surface area (Å²) in [7, 11) is 0. The topological polar surface area (TPSA) is 66.8 Å². The van der Waals surface area contributed by atoms with Gasteiger partial charge >= 0.3 is 5.97 Å². The third kappa shape index (κ3) is 3.76. The number of hydrogen-bond donors (Lipinski definition) is 1. The number of hydrogen-bond acceptors (Lipinski definition) is 3. The lowest BCUT2D eigenvalue weighted by Gasteiger charge is -2.30. The standard InChI is InChI=1S/C16H17NO4/c1-2-10-21-14-7-5-12(6-8-14)15(18)17-9-3-4-13(11-17)16(19)20/h1,5-8,13H,3-4,9-11H2,(H,19,20). The highest BCUT2D eigenvalue weighted by molar-refractivity contribution is 5.94. The van der Waals surface area contributed by atoms with E-state index in [1.807, 2.05) is 0 Å². The van der Waals surface area contributed by atoms with Crippen LogP contribution in [0.1, 0.15) is 23.2 Å². The minimum Gasteiger partial charge on any atom is -0.481 e. The maximum Gasteiger partial charge on any atom is 0.308 e. The number of aliphatic carboxylic acids is 1. The Morgan fingerprint density at radius 2 is 2.10 bits per heavy atom. The number of carboxylic acids is 1. The highest BCUT2D eigenvalue weighted by Crippen LogP contribution is 2.20. The molecule has 1 aliphatic heterocycles. The number of rotatable bonds is 4. The SMILES string of the molecule is C#CCOc1ccc(C(=O)N2CCCC(C(=O)O)C2)cc1. The summed E-state index contributed by atoms with van der Waals surface area (Å²) in [4.78, 5) is 25.0. The zero-order valence-corrected chi connectivity index (χ0v) is 11.6. The summed E-state index contributed by atoms with van der Waals surface area (Å²) in [5.74, 6) is 1.51. The smallest absolute Gasteiger partial charge is 0.308 e. The Morgan fingerprint density at radius 3 is 2.71 bits per heavy atom. The van der Waals surface area contributed by atoms with E-state index < -0.39 is 11.9 Å². The van der Waals surface area contributed by atoms with Crippen LogP contribution in [0.3, 0.4) is 0 Å². The van der Waals surface area contributed by atoms with E-state index in [0.29, 0.717) is 30.7 Å². The van der Waals surface area contributed by atoms with Crippen molar-refractivity contribution < 1.29 is 19.4 Å². The third-order valence-corrected chi connectivity index (χ3v) is 3.48. The molecule has 1 atom stereocenters. The van der Waals surface area contributed by atoms with Crippen LogP contribution in [0.15, 0.2) is 24.3 Å². The second-order valence-electron chi connectivity index (χ2n) is 4.95. The van der Waals surface area contributed by atoms with Crippen LogP contribution in [0.4, 0.5) is 0 Å². The van der Waals surface area contributed by atoms with Gasteiger partial charge in [-0.15, -0.1) is 6.42 Å². The molecule has 0 radical (unpaired) electrons. The lowest BCUT2D eigenvalue weighted by atomic mass is 9.97. The highest BCUT2D eigenvalue weighted by Gasteiger charge is 2.28. The molecule has 1 heterocycles. The first-order valence-electron chi connectivity index (χ1n) is 6.80. The van der Waals surface area contributed by atoms with E-state index in [-0.39, 0.29) is 19.1 Å². The van der Waals surface area contributed by atoms with E-state index >= 15 is 0 Å². The molecular weight excluding hydrogens is 270 g/mol. The van der Waals surface area contributed by atoms with Crippen molar-refractivity contribution in [1.29, 1.82) is 0 Å². The van der Waals surface area contributed by atoms with Crippen molar-refractivity contribution in [2.24, 2.45) is 5.92 Å². The van der Waals surface area contributed by atoms with E-state index in [4.69, 9.17) is 16.3 Å². The molecule has 0 aliphatic carbocycles. The number of carbonyl (C=O) groups is 2. The predicted molar refractivity (Wildman–Crippen MR) is 77.0 cm³/mol. The molecule has 0 spiro atoms. The Balaban J connectivity index is 2.02. The first-order valence-corrected chi connectivity index (χ1v) is 6.80. The Kier molecular flexibility index (Phi) is 4.83. The van der Waals surface area contributed by atoms with Gasteiger partial charge < -0.3 is 14.7 Å². The zero-order valence-electron chi connectivity index (χ0n) is 11.6. The van der Waals surface area contributed by atoms with Gasteiger partial charge in [0.05, 0.1) is 5.92 Å². The number of piperidine rings is 1. The molecule has 1 amide bonds. The van der Waals surface area contributed by atoms with Crippen LogP contribution in [-0.4, -0.2) is 41.6 Å². The van der Waals surface area contributed by atoms with Crippen molar-refractivity contribution in [3.63, 3.8) is 0 Å². The highest BCUT2D eigenvalue weighted by atomic mass is 16.5. The van der Waals surface area contributed by atoms with E-state index in [9.17, 15) is 9.59 Å². The fraction of sp³-hybridized carbons (Fsp3) is 0.375. The molecule has 1 fully saturated rings. The molecule has 5 heteroatoms. The summed E-state index contributed by atoms with van der Waals surface area (Å²) >= 11 is 0. The maximum atomic E-state index is 12.4. The fourth-order valence-corrected chi connectivity index (χ4v) is 2.36. The summed E-state index contributed by atoms with van der Waals surface area (Å²) in [6.45, 7) is 1.04. The molecule has 1 aliphatic rings. The first kappa shape index (κ1) is 14.9. The monoisotopic (exact) mass is 287 g/mol. The first-order chi connectivity index (χ1) is 10.1. The van der Waals surface area contributed by atoms with Crippen molar-refractivity contribution in [1.82, 2.24) is 4.90 Å². The molecule has 1 aromatic rings. The Hall–Kier alpha value is -2.48. The zero-order chi connectivity index (χ0) is 15.2. The average molecular weight is 287 g/mol. The number of carboxylic acid groups (broad SMARTS) is 1. The van der Waals surface area contributed by atoms with Crippen molar-refractivity contribution >= 4 is 11.9 Å². The molecule has 1 unspecified atom stereocenters. The molecule has 5 nitrogen and oxygen atoms in total. The molecule has 110 valence electrons. The number of benzene rings is 1. The van der Waals surface area contributed by atoms with Gasteiger partial charge in [0.1, 0.15) is 12.4 Å². The average Bonchev–Trinajstić information content (AvgIpc) is 2.53. The van der Waals surface area contributed by atoms with E-state index in [0.717, 1.165) is 0 Å². The molecule has 1 N–H and O–H groups in total. The van der Waals surface area contributed by atoms with Gasteiger partial charge in [-0.3, -0.25) is 9.59 Å². The molecule has 0 bridgehead atoms. The van der Waals surface area contributed by atoms with Crippen molar-refractivity contribution in [2.45, 2.75) is 12.8 Å². The largest absolute Gasteiger partial charge is 0.481 e. The lowest BCUT2D eigenvalue weighted by Crippen LogP contribution is -2.42. The summed E-state index contributed by atoms with van der Waals surface area (Å²) < 4.78 is 5.25. The fourth-order valence-electron chi connectivity index (χ4n) is 2.36. The summed E-state index contributed by atoms with van der Waals surface area (Å²) in [5.41, 5.74) is 0.522. The quantitative estimate of drug-likeness (QED) is 0.855. The van der Waals surface area contributed by atoms with Gasteiger partial charge in [0, 0.05) is 18.7 Å². The number of likely N-dealkylation sites (tertiary alicyclic amines) is 1. The number of ether oxygens (including phenoxy) is 1. The van der Waals surface area contributed by atoms with Crippen LogP contribution >= 0.6 is 0 Å². The summed E-state index contributed by atoms with van der Waals surface area (Å²) in [6.07, 6.45) is 6.44. The van der Waals surface area contributed by atoms with Crippen LogP contribution in [0.25, 0.3) is 0 Å². The number of amides is 1. The van der Waals surface area contributed by atoms with Crippen molar-refractivity contribution in [3.8, 4) is 18.1 Å². The van der Waals surface area contributed by atoms with Gasteiger partial charge in [-0.1, -0.05) is 5.92 Å². The van der Waals surface area contributed by atoms with Gasteiger partial charge in [0.25, 0.3) is 5.91 Å². The van der Waals surface area contributed by atoms with Gasteiger partial charge in [0.15, 0.2) is 0 Å². The molecule has 0 aromatic heterocycles. The van der Waals surface area contributed by atoms with Crippen molar-refractivity contribution in [3.05, 3.63) is 29.8 Å². The maximum absolute atomic E-state index is 12.4. The predicted octanol–water partition coefficient (Wildman–Crippen LogP) is 1.64. The van der Waals surface area contributed by atoms with Gasteiger partial charge in [-0.2, -0.15) is 0 Å². The van der Waals surface area contributed by atoms with E-state index in [1.54, 1.807) is 29.2 Å².